The minimum atomic E-state index is -3.39. The molecule has 1 aliphatic carbocycles. The van der Waals surface area contributed by atoms with E-state index in [1.165, 1.54) is 6.07 Å². The molecule has 0 radical (unpaired) electrons. The Morgan fingerprint density at radius 1 is 1.05 bits per heavy atom. The zero-order chi connectivity index (χ0) is 15.6. The molecule has 116 valence electrons. The van der Waals surface area contributed by atoms with E-state index in [4.69, 9.17) is 0 Å². The second kappa shape index (κ2) is 6.18. The van der Waals surface area contributed by atoms with Crippen LogP contribution in [0.25, 0.3) is 0 Å². The Hall–Kier alpha value is -1.72. The summed E-state index contributed by atoms with van der Waals surface area (Å²) in [7, 11) is -3.39. The Bertz CT molecular complexity index is 742. The molecule has 0 spiro atoms. The lowest BCUT2D eigenvalue weighted by atomic mass is 9.99. The van der Waals surface area contributed by atoms with Crippen LogP contribution in [0.1, 0.15) is 30.0 Å². The van der Waals surface area contributed by atoms with Crippen molar-refractivity contribution in [3.8, 4) is 0 Å². The molecule has 0 saturated heterocycles. The van der Waals surface area contributed by atoms with Gasteiger partial charge in [0.2, 0.25) is 10.0 Å². The van der Waals surface area contributed by atoms with Gasteiger partial charge in [-0.3, -0.25) is 0 Å². The van der Waals surface area contributed by atoms with Crippen LogP contribution in [0.4, 0.5) is 4.39 Å². The highest BCUT2D eigenvalue weighted by molar-refractivity contribution is 7.90. The fraction of sp³-hybridized carbons (Fsp3) is 0.294. The molecule has 0 aromatic heterocycles. The summed E-state index contributed by atoms with van der Waals surface area (Å²) in [6, 6.07) is 15.3. The molecule has 0 amide bonds. The van der Waals surface area contributed by atoms with Gasteiger partial charge in [0, 0.05) is 5.56 Å². The van der Waals surface area contributed by atoms with Crippen LogP contribution in [-0.4, -0.2) is 13.7 Å². The summed E-state index contributed by atoms with van der Waals surface area (Å²) in [5.41, 5.74) is 1.35. The van der Waals surface area contributed by atoms with Gasteiger partial charge in [0.15, 0.2) is 0 Å². The normalized spacial score (nSPS) is 16.4. The molecule has 3 rings (SSSR count). The van der Waals surface area contributed by atoms with Crippen molar-refractivity contribution in [2.45, 2.75) is 30.6 Å². The Morgan fingerprint density at radius 2 is 1.68 bits per heavy atom. The van der Waals surface area contributed by atoms with E-state index in [2.05, 4.69) is 4.72 Å². The first-order chi connectivity index (χ1) is 10.6. The summed E-state index contributed by atoms with van der Waals surface area (Å²) in [6.07, 6.45) is 1.79. The van der Waals surface area contributed by atoms with Gasteiger partial charge in [-0.1, -0.05) is 48.5 Å². The van der Waals surface area contributed by atoms with Crippen molar-refractivity contribution in [3.05, 3.63) is 71.5 Å². The molecule has 3 nitrogen and oxygen atoms in total. The topological polar surface area (TPSA) is 46.2 Å². The lowest BCUT2D eigenvalue weighted by molar-refractivity contribution is 0.532. The molecular weight excluding hydrogens is 301 g/mol. The van der Waals surface area contributed by atoms with Crippen molar-refractivity contribution >= 4 is 10.0 Å². The Labute approximate surface area is 130 Å². The first-order valence-corrected chi connectivity index (χ1v) is 8.90. The Kier molecular flexibility index (Phi) is 4.27. The summed E-state index contributed by atoms with van der Waals surface area (Å²) in [5.74, 6) is -0.387. The molecule has 1 N–H and O–H groups in total. The predicted octanol–water partition coefficient (Wildman–Crippen LogP) is 3.19. The van der Waals surface area contributed by atoms with Crippen LogP contribution in [0.5, 0.6) is 0 Å². The first kappa shape index (κ1) is 15.2. The van der Waals surface area contributed by atoms with Gasteiger partial charge in [-0.2, -0.15) is 0 Å². The number of nitrogens with one attached hydrogen (secondary N) is 1. The molecule has 0 heterocycles. The molecule has 0 unspecified atom stereocenters. The summed E-state index contributed by atoms with van der Waals surface area (Å²) >= 11 is 0. The average molecular weight is 319 g/mol. The van der Waals surface area contributed by atoms with Gasteiger partial charge < -0.3 is 0 Å². The number of rotatable bonds is 6. The smallest absolute Gasteiger partial charge is 0.212 e. The Balaban J connectivity index is 1.90. The third-order valence-electron chi connectivity index (χ3n) is 3.83. The van der Waals surface area contributed by atoms with Crippen LogP contribution in [0.3, 0.4) is 0 Å². The second-order valence-electron chi connectivity index (χ2n) is 5.63. The van der Waals surface area contributed by atoms with E-state index >= 15 is 0 Å². The summed E-state index contributed by atoms with van der Waals surface area (Å²) in [4.78, 5) is 0. The molecule has 0 bridgehead atoms. The van der Waals surface area contributed by atoms with E-state index in [0.717, 1.165) is 5.56 Å². The van der Waals surface area contributed by atoms with Crippen LogP contribution in [0, 0.1) is 5.82 Å². The minimum Gasteiger partial charge on any atom is -0.212 e. The van der Waals surface area contributed by atoms with Gasteiger partial charge in [-0.05, 0) is 30.9 Å². The van der Waals surface area contributed by atoms with Gasteiger partial charge in [-0.15, -0.1) is 0 Å². The minimum absolute atomic E-state index is 0.322. The zero-order valence-corrected chi connectivity index (χ0v) is 12.9. The van der Waals surface area contributed by atoms with Gasteiger partial charge in [-0.25, -0.2) is 17.5 Å². The predicted molar refractivity (Wildman–Crippen MR) is 84.4 cm³/mol. The highest BCUT2D eigenvalue weighted by Crippen LogP contribution is 2.30. The Morgan fingerprint density at radius 3 is 2.32 bits per heavy atom. The SMILES string of the molecule is O=S(=O)(N[C@@H](Cc1ccccc1)c1ccccc1F)C1CC1. The van der Waals surface area contributed by atoms with Crippen molar-refractivity contribution in [2.24, 2.45) is 0 Å². The molecule has 2 aromatic rings. The van der Waals surface area contributed by atoms with E-state index in [1.54, 1.807) is 18.2 Å². The molecule has 1 aliphatic rings. The largest absolute Gasteiger partial charge is 0.215 e. The standard InChI is InChI=1S/C17H18FNO2S/c18-16-9-5-4-8-15(16)17(12-13-6-2-1-3-7-13)19-22(20,21)14-10-11-14/h1-9,14,17,19H,10-12H2/t17-/m0/s1. The molecule has 1 atom stereocenters. The summed E-state index contributed by atoms with van der Waals surface area (Å²) in [6.45, 7) is 0. The van der Waals surface area contributed by atoms with Crippen LogP contribution >= 0.6 is 0 Å². The van der Waals surface area contributed by atoms with E-state index in [1.807, 2.05) is 30.3 Å². The maximum Gasteiger partial charge on any atom is 0.215 e. The van der Waals surface area contributed by atoms with E-state index in [0.29, 0.717) is 24.8 Å². The van der Waals surface area contributed by atoms with Crippen molar-refractivity contribution in [3.63, 3.8) is 0 Å². The molecule has 1 saturated carbocycles. The zero-order valence-electron chi connectivity index (χ0n) is 12.1. The number of benzene rings is 2. The number of hydrogen-bond acceptors (Lipinski definition) is 2. The highest BCUT2D eigenvalue weighted by atomic mass is 32.2. The summed E-state index contributed by atoms with van der Waals surface area (Å²) in [5, 5.41) is -0.322. The van der Waals surface area contributed by atoms with Crippen LogP contribution in [0.2, 0.25) is 0 Å². The van der Waals surface area contributed by atoms with Gasteiger partial charge in [0.05, 0.1) is 11.3 Å². The average Bonchev–Trinajstić information content (AvgIpc) is 3.33. The molecule has 2 aromatic carbocycles. The summed E-state index contributed by atoms with van der Waals surface area (Å²) < 4.78 is 41.3. The quantitative estimate of drug-likeness (QED) is 0.889. The number of halogens is 1. The van der Waals surface area contributed by atoms with E-state index < -0.39 is 16.1 Å². The fourth-order valence-electron chi connectivity index (χ4n) is 2.50. The molecule has 22 heavy (non-hydrogen) atoms. The van der Waals surface area contributed by atoms with Gasteiger partial charge in [0.25, 0.3) is 0 Å². The fourth-order valence-corrected chi connectivity index (χ4v) is 4.05. The van der Waals surface area contributed by atoms with E-state index in [-0.39, 0.29) is 11.1 Å². The third-order valence-corrected chi connectivity index (χ3v) is 5.80. The highest BCUT2D eigenvalue weighted by Gasteiger charge is 2.37. The molecular formula is C17H18FNO2S. The maximum absolute atomic E-state index is 14.1. The van der Waals surface area contributed by atoms with Crippen molar-refractivity contribution in [1.82, 2.24) is 4.72 Å². The number of sulfonamides is 1. The maximum atomic E-state index is 14.1. The second-order valence-corrected chi connectivity index (χ2v) is 7.62. The van der Waals surface area contributed by atoms with Crippen LogP contribution < -0.4 is 4.72 Å². The first-order valence-electron chi connectivity index (χ1n) is 7.36. The van der Waals surface area contributed by atoms with Gasteiger partial charge in [0.1, 0.15) is 5.82 Å². The van der Waals surface area contributed by atoms with Crippen molar-refractivity contribution in [2.75, 3.05) is 0 Å². The van der Waals surface area contributed by atoms with Crippen molar-refractivity contribution < 1.29 is 12.8 Å². The molecule has 0 aliphatic heterocycles. The van der Waals surface area contributed by atoms with Crippen LogP contribution in [-0.2, 0) is 16.4 Å². The van der Waals surface area contributed by atoms with Gasteiger partial charge >= 0.3 is 0 Å². The van der Waals surface area contributed by atoms with Crippen LogP contribution in [0.15, 0.2) is 54.6 Å². The lowest BCUT2D eigenvalue weighted by Crippen LogP contribution is -2.33. The third kappa shape index (κ3) is 3.54. The molecule has 5 heteroatoms. The van der Waals surface area contributed by atoms with Crippen molar-refractivity contribution in [1.29, 1.82) is 0 Å². The monoisotopic (exact) mass is 319 g/mol. The lowest BCUT2D eigenvalue weighted by Gasteiger charge is -2.20. The van der Waals surface area contributed by atoms with E-state index in [9.17, 15) is 12.8 Å². The molecule has 1 fully saturated rings. The number of hydrogen-bond donors (Lipinski definition) is 1.